The lowest BCUT2D eigenvalue weighted by Gasteiger charge is -2.20. The van der Waals surface area contributed by atoms with E-state index in [-0.39, 0.29) is 6.04 Å². The van der Waals surface area contributed by atoms with Crippen molar-refractivity contribution in [3.05, 3.63) is 61.1 Å². The summed E-state index contributed by atoms with van der Waals surface area (Å²) in [5.74, 6) is 6.64. The summed E-state index contributed by atoms with van der Waals surface area (Å²) in [5.41, 5.74) is 6.57. The number of nitrogens with one attached hydrogen (secondary N) is 1. The van der Waals surface area contributed by atoms with Gasteiger partial charge in [-0.2, -0.15) is 0 Å². The minimum absolute atomic E-state index is 0.0557. The number of aryl methyl sites for hydroxylation is 1. The first-order valence-corrected chi connectivity index (χ1v) is 8.47. The Morgan fingerprint density at radius 2 is 2.10 bits per heavy atom. The van der Waals surface area contributed by atoms with Crippen molar-refractivity contribution in [3.8, 4) is 5.75 Å². The molecule has 0 aliphatic heterocycles. The SMILES string of the molecule is COc1ccc(Br)c(CC(NN)c2cccc(C)c2I)c1. The van der Waals surface area contributed by atoms with Crippen LogP contribution >= 0.6 is 38.5 Å². The second-order valence-electron chi connectivity index (χ2n) is 4.86. The Morgan fingerprint density at radius 3 is 2.76 bits per heavy atom. The van der Waals surface area contributed by atoms with Gasteiger partial charge in [0.25, 0.3) is 0 Å². The molecule has 2 rings (SSSR count). The number of hydrogen-bond donors (Lipinski definition) is 2. The Kier molecular flexibility index (Phi) is 6.04. The summed E-state index contributed by atoms with van der Waals surface area (Å²) in [6.45, 7) is 2.11. The minimum atomic E-state index is 0.0557. The standard InChI is InChI=1S/C16H18BrIN2O/c1-10-4-3-5-13(16(10)18)15(20-19)9-11-8-12(21-2)6-7-14(11)17/h3-8,15,20H,9,19H2,1-2H3. The van der Waals surface area contributed by atoms with Gasteiger partial charge in [-0.1, -0.05) is 34.1 Å². The molecule has 21 heavy (non-hydrogen) atoms. The maximum Gasteiger partial charge on any atom is 0.119 e. The van der Waals surface area contributed by atoms with Crippen LogP contribution < -0.4 is 16.0 Å². The van der Waals surface area contributed by atoms with Crippen LogP contribution in [0.2, 0.25) is 0 Å². The Labute approximate surface area is 147 Å². The molecule has 0 radical (unpaired) electrons. The van der Waals surface area contributed by atoms with Gasteiger partial charge in [-0.15, -0.1) is 0 Å². The van der Waals surface area contributed by atoms with Crippen LogP contribution in [-0.2, 0) is 6.42 Å². The van der Waals surface area contributed by atoms with E-state index < -0.39 is 0 Å². The van der Waals surface area contributed by atoms with Crippen molar-refractivity contribution >= 4 is 38.5 Å². The van der Waals surface area contributed by atoms with E-state index in [0.29, 0.717) is 0 Å². The van der Waals surface area contributed by atoms with Crippen molar-refractivity contribution in [1.82, 2.24) is 5.43 Å². The van der Waals surface area contributed by atoms with Crippen LogP contribution in [0.4, 0.5) is 0 Å². The van der Waals surface area contributed by atoms with E-state index >= 15 is 0 Å². The Morgan fingerprint density at radius 1 is 1.33 bits per heavy atom. The van der Waals surface area contributed by atoms with Gasteiger partial charge in [0.2, 0.25) is 0 Å². The van der Waals surface area contributed by atoms with Gasteiger partial charge >= 0.3 is 0 Å². The Hall–Kier alpha value is -0.630. The third-order valence-corrected chi connectivity index (χ3v) is 5.72. The normalized spacial score (nSPS) is 12.2. The molecule has 0 spiro atoms. The van der Waals surface area contributed by atoms with Crippen LogP contribution in [0.5, 0.6) is 5.75 Å². The second-order valence-corrected chi connectivity index (χ2v) is 6.79. The quantitative estimate of drug-likeness (QED) is 0.401. The van der Waals surface area contributed by atoms with Crippen molar-refractivity contribution in [2.45, 2.75) is 19.4 Å². The van der Waals surface area contributed by atoms with Crippen molar-refractivity contribution in [1.29, 1.82) is 0 Å². The monoisotopic (exact) mass is 460 g/mol. The van der Waals surface area contributed by atoms with Crippen molar-refractivity contribution < 1.29 is 4.74 Å². The van der Waals surface area contributed by atoms with Gasteiger partial charge < -0.3 is 4.74 Å². The molecule has 3 nitrogen and oxygen atoms in total. The third-order valence-electron chi connectivity index (χ3n) is 3.48. The molecule has 0 amide bonds. The summed E-state index contributed by atoms with van der Waals surface area (Å²) in [6.07, 6.45) is 0.785. The van der Waals surface area contributed by atoms with Gasteiger partial charge in [0.15, 0.2) is 0 Å². The van der Waals surface area contributed by atoms with Crippen LogP contribution in [0.25, 0.3) is 0 Å². The molecule has 0 saturated carbocycles. The van der Waals surface area contributed by atoms with E-state index in [0.717, 1.165) is 22.2 Å². The lowest BCUT2D eigenvalue weighted by atomic mass is 9.98. The molecule has 1 unspecified atom stereocenters. The molecule has 0 saturated heterocycles. The van der Waals surface area contributed by atoms with E-state index in [1.165, 1.54) is 14.7 Å². The zero-order chi connectivity index (χ0) is 15.4. The van der Waals surface area contributed by atoms with E-state index in [4.69, 9.17) is 10.6 Å². The molecule has 0 aromatic heterocycles. The molecule has 0 bridgehead atoms. The van der Waals surface area contributed by atoms with Crippen LogP contribution in [0.3, 0.4) is 0 Å². The number of nitrogens with two attached hydrogens (primary N) is 1. The van der Waals surface area contributed by atoms with Crippen molar-refractivity contribution in [2.24, 2.45) is 5.84 Å². The average Bonchev–Trinajstić information content (AvgIpc) is 2.49. The molecule has 2 aromatic carbocycles. The summed E-state index contributed by atoms with van der Waals surface area (Å²) in [7, 11) is 1.68. The van der Waals surface area contributed by atoms with E-state index in [1.807, 2.05) is 18.2 Å². The maximum atomic E-state index is 5.79. The summed E-state index contributed by atoms with van der Waals surface area (Å²) < 4.78 is 7.61. The minimum Gasteiger partial charge on any atom is -0.497 e. The van der Waals surface area contributed by atoms with Crippen molar-refractivity contribution in [3.63, 3.8) is 0 Å². The smallest absolute Gasteiger partial charge is 0.119 e. The lowest BCUT2D eigenvalue weighted by molar-refractivity contribution is 0.413. The molecular formula is C16H18BrIN2O. The topological polar surface area (TPSA) is 47.3 Å². The molecule has 5 heteroatoms. The highest BCUT2D eigenvalue weighted by Crippen LogP contribution is 2.29. The fourth-order valence-corrected chi connectivity index (χ4v) is 3.40. The van der Waals surface area contributed by atoms with Gasteiger partial charge in [-0.3, -0.25) is 11.3 Å². The highest BCUT2D eigenvalue weighted by atomic mass is 127. The number of rotatable bonds is 5. The summed E-state index contributed by atoms with van der Waals surface area (Å²) >= 11 is 5.97. The first kappa shape index (κ1) is 16.7. The molecule has 0 heterocycles. The molecule has 1 atom stereocenters. The molecule has 0 aliphatic rings. The van der Waals surface area contributed by atoms with Gasteiger partial charge in [0.05, 0.1) is 13.2 Å². The van der Waals surface area contributed by atoms with E-state index in [1.54, 1.807) is 7.11 Å². The number of benzene rings is 2. The number of methoxy groups -OCH3 is 1. The highest BCUT2D eigenvalue weighted by Gasteiger charge is 2.16. The zero-order valence-electron chi connectivity index (χ0n) is 12.0. The molecular weight excluding hydrogens is 443 g/mol. The molecule has 0 aliphatic carbocycles. The predicted molar refractivity (Wildman–Crippen MR) is 98.4 cm³/mol. The van der Waals surface area contributed by atoms with Crippen LogP contribution in [0.15, 0.2) is 40.9 Å². The Balaban J connectivity index is 2.33. The van der Waals surface area contributed by atoms with Crippen LogP contribution in [0.1, 0.15) is 22.7 Å². The summed E-state index contributed by atoms with van der Waals surface area (Å²) in [6, 6.07) is 12.3. The predicted octanol–water partition coefficient (Wildman–Crippen LogP) is 4.12. The molecule has 0 fully saturated rings. The molecule has 3 N–H and O–H groups in total. The third kappa shape index (κ3) is 3.97. The maximum absolute atomic E-state index is 5.79. The summed E-state index contributed by atoms with van der Waals surface area (Å²) in [5, 5.41) is 0. The number of hydrazine groups is 1. The van der Waals surface area contributed by atoms with Gasteiger partial charge in [-0.25, -0.2) is 0 Å². The fourth-order valence-electron chi connectivity index (χ4n) is 2.25. The fraction of sp³-hybridized carbons (Fsp3) is 0.250. The van der Waals surface area contributed by atoms with Gasteiger partial charge in [0, 0.05) is 8.04 Å². The van der Waals surface area contributed by atoms with Gasteiger partial charge in [-0.05, 0) is 70.8 Å². The Bertz CT molecular complexity index is 634. The largest absolute Gasteiger partial charge is 0.497 e. The second kappa shape index (κ2) is 7.58. The summed E-state index contributed by atoms with van der Waals surface area (Å²) in [4.78, 5) is 0. The first-order chi connectivity index (χ1) is 10.1. The van der Waals surface area contributed by atoms with Crippen LogP contribution in [-0.4, -0.2) is 7.11 Å². The van der Waals surface area contributed by atoms with Crippen molar-refractivity contribution in [2.75, 3.05) is 7.11 Å². The lowest BCUT2D eigenvalue weighted by Crippen LogP contribution is -2.30. The number of halogens is 2. The highest BCUT2D eigenvalue weighted by molar-refractivity contribution is 14.1. The molecule has 2 aromatic rings. The van der Waals surface area contributed by atoms with E-state index in [9.17, 15) is 0 Å². The average molecular weight is 461 g/mol. The molecule has 112 valence electrons. The van der Waals surface area contributed by atoms with E-state index in [2.05, 4.69) is 69.1 Å². The number of ether oxygens (including phenoxy) is 1. The number of hydrogen-bond acceptors (Lipinski definition) is 3. The van der Waals surface area contributed by atoms with Crippen LogP contribution in [0, 0.1) is 10.5 Å². The zero-order valence-corrected chi connectivity index (χ0v) is 15.7. The van der Waals surface area contributed by atoms with Gasteiger partial charge in [0.1, 0.15) is 5.75 Å². The first-order valence-electron chi connectivity index (χ1n) is 6.60.